The van der Waals surface area contributed by atoms with Crippen LogP contribution in [0.2, 0.25) is 0 Å². The number of hydrogen-bond acceptors (Lipinski definition) is 4. The fraction of sp³-hybridized carbons (Fsp3) is 0.400. The van der Waals surface area contributed by atoms with Crippen molar-refractivity contribution in [1.29, 1.82) is 0 Å². The zero-order valence-electron chi connectivity index (χ0n) is 15.6. The Bertz CT molecular complexity index is 807. The van der Waals surface area contributed by atoms with Crippen LogP contribution in [0.25, 0.3) is 0 Å². The monoisotopic (exact) mass is 367 g/mol. The highest BCUT2D eigenvalue weighted by Gasteiger charge is 2.43. The Kier molecular flexibility index (Phi) is 5.69. The van der Waals surface area contributed by atoms with Crippen LogP contribution in [0.5, 0.6) is 0 Å². The number of nitrogens with one attached hydrogen (secondary N) is 2. The van der Waals surface area contributed by atoms with Crippen molar-refractivity contribution in [3.05, 3.63) is 60.2 Å². The van der Waals surface area contributed by atoms with Crippen molar-refractivity contribution in [2.45, 2.75) is 31.6 Å². The lowest BCUT2D eigenvalue weighted by Crippen LogP contribution is -2.52. The Labute approximate surface area is 158 Å². The van der Waals surface area contributed by atoms with Crippen molar-refractivity contribution in [2.75, 3.05) is 19.6 Å². The number of rotatable bonds is 6. The van der Waals surface area contributed by atoms with Crippen molar-refractivity contribution in [1.82, 2.24) is 25.4 Å². The van der Waals surface area contributed by atoms with Crippen LogP contribution < -0.4 is 5.32 Å². The summed E-state index contributed by atoms with van der Waals surface area (Å²) < 4.78 is 0. The largest absolute Gasteiger partial charge is 0.355 e. The summed E-state index contributed by atoms with van der Waals surface area (Å²) in [7, 11) is 0. The van der Waals surface area contributed by atoms with Gasteiger partial charge in [0.15, 0.2) is 5.82 Å². The number of aryl methyl sites for hydroxylation is 1. The number of H-pyrrole nitrogens is 1. The maximum atomic E-state index is 13.2. The van der Waals surface area contributed by atoms with E-state index in [1.165, 1.54) is 6.08 Å². The molecule has 2 amide bonds. The van der Waals surface area contributed by atoms with E-state index in [1.54, 1.807) is 4.90 Å². The van der Waals surface area contributed by atoms with Gasteiger partial charge in [-0.1, -0.05) is 36.9 Å². The molecular weight excluding hydrogens is 342 g/mol. The van der Waals surface area contributed by atoms with E-state index in [9.17, 15) is 9.59 Å². The summed E-state index contributed by atoms with van der Waals surface area (Å²) in [5.74, 6) is 1.35. The number of carbonyl (C=O) groups is 2. The highest BCUT2D eigenvalue weighted by molar-refractivity contribution is 5.90. The van der Waals surface area contributed by atoms with E-state index in [4.69, 9.17) is 0 Å². The van der Waals surface area contributed by atoms with Crippen LogP contribution in [0.15, 0.2) is 43.0 Å². The van der Waals surface area contributed by atoms with Crippen molar-refractivity contribution >= 4 is 11.8 Å². The van der Waals surface area contributed by atoms with Crippen LogP contribution in [0, 0.1) is 6.92 Å². The molecule has 0 bridgehead atoms. The topological polar surface area (TPSA) is 91.0 Å². The quantitative estimate of drug-likeness (QED) is 0.758. The Hall–Kier alpha value is -2.96. The average molecular weight is 367 g/mol. The van der Waals surface area contributed by atoms with Gasteiger partial charge in [0.1, 0.15) is 5.82 Å². The van der Waals surface area contributed by atoms with E-state index in [2.05, 4.69) is 27.1 Å². The van der Waals surface area contributed by atoms with Gasteiger partial charge in [0.2, 0.25) is 11.8 Å². The second-order valence-electron chi connectivity index (χ2n) is 6.82. The van der Waals surface area contributed by atoms with Crippen molar-refractivity contribution in [3.8, 4) is 0 Å². The van der Waals surface area contributed by atoms with E-state index >= 15 is 0 Å². The van der Waals surface area contributed by atoms with E-state index in [-0.39, 0.29) is 11.8 Å². The van der Waals surface area contributed by atoms with Crippen LogP contribution in [0.1, 0.15) is 30.1 Å². The van der Waals surface area contributed by atoms with Gasteiger partial charge in [-0.15, -0.1) is 0 Å². The van der Waals surface area contributed by atoms with Gasteiger partial charge in [0, 0.05) is 26.1 Å². The maximum Gasteiger partial charge on any atom is 0.245 e. The molecule has 2 heterocycles. The summed E-state index contributed by atoms with van der Waals surface area (Å²) in [6.07, 6.45) is 3.07. The van der Waals surface area contributed by atoms with E-state index in [0.29, 0.717) is 44.7 Å². The fourth-order valence-electron chi connectivity index (χ4n) is 3.60. The SMILES string of the molecule is C=CC(=O)N1CCC(C(=O)NCCc2n[nH]c(C)n2)(c2ccccc2)CC1. The van der Waals surface area contributed by atoms with Gasteiger partial charge in [-0.2, -0.15) is 5.10 Å². The molecule has 1 aliphatic heterocycles. The molecule has 0 spiro atoms. The highest BCUT2D eigenvalue weighted by atomic mass is 16.2. The number of carbonyl (C=O) groups excluding carboxylic acids is 2. The van der Waals surface area contributed by atoms with Gasteiger partial charge in [-0.25, -0.2) is 4.98 Å². The molecule has 0 saturated carbocycles. The summed E-state index contributed by atoms with van der Waals surface area (Å²) >= 11 is 0. The van der Waals surface area contributed by atoms with Gasteiger partial charge in [-0.05, 0) is 31.4 Å². The van der Waals surface area contributed by atoms with Crippen LogP contribution in [0.4, 0.5) is 0 Å². The summed E-state index contributed by atoms with van der Waals surface area (Å²) in [6, 6.07) is 9.81. The van der Waals surface area contributed by atoms with E-state index in [0.717, 1.165) is 11.4 Å². The molecule has 0 unspecified atom stereocenters. The number of likely N-dealkylation sites (tertiary alicyclic amines) is 1. The molecule has 0 atom stereocenters. The Morgan fingerprint density at radius 3 is 2.59 bits per heavy atom. The highest BCUT2D eigenvalue weighted by Crippen LogP contribution is 2.36. The smallest absolute Gasteiger partial charge is 0.245 e. The number of hydrogen-bond donors (Lipinski definition) is 2. The molecule has 1 saturated heterocycles. The normalized spacial score (nSPS) is 16.0. The van der Waals surface area contributed by atoms with Gasteiger partial charge in [0.25, 0.3) is 0 Å². The third-order valence-electron chi connectivity index (χ3n) is 5.14. The first-order valence-electron chi connectivity index (χ1n) is 9.18. The van der Waals surface area contributed by atoms with Gasteiger partial charge in [-0.3, -0.25) is 14.7 Å². The number of amides is 2. The minimum Gasteiger partial charge on any atom is -0.355 e. The number of piperidine rings is 1. The molecule has 1 fully saturated rings. The molecule has 2 N–H and O–H groups in total. The molecule has 1 aromatic carbocycles. The molecule has 0 radical (unpaired) electrons. The molecule has 2 aromatic rings. The van der Waals surface area contributed by atoms with Crippen LogP contribution >= 0.6 is 0 Å². The summed E-state index contributed by atoms with van der Waals surface area (Å²) in [5.41, 5.74) is 0.357. The zero-order chi connectivity index (χ0) is 19.3. The van der Waals surface area contributed by atoms with E-state index < -0.39 is 5.41 Å². The van der Waals surface area contributed by atoms with Crippen molar-refractivity contribution in [3.63, 3.8) is 0 Å². The van der Waals surface area contributed by atoms with Gasteiger partial charge < -0.3 is 10.2 Å². The summed E-state index contributed by atoms with van der Waals surface area (Å²) in [5, 5.41) is 9.95. The molecule has 0 aliphatic carbocycles. The summed E-state index contributed by atoms with van der Waals surface area (Å²) in [6.45, 7) is 6.94. The Balaban J connectivity index is 1.71. The second-order valence-corrected chi connectivity index (χ2v) is 6.82. The zero-order valence-corrected chi connectivity index (χ0v) is 15.6. The third kappa shape index (κ3) is 4.07. The van der Waals surface area contributed by atoms with Crippen molar-refractivity contribution in [2.24, 2.45) is 0 Å². The van der Waals surface area contributed by atoms with Gasteiger partial charge >= 0.3 is 0 Å². The molecule has 1 aliphatic rings. The molecule has 7 nitrogen and oxygen atoms in total. The number of nitrogens with zero attached hydrogens (tertiary/aromatic N) is 3. The Morgan fingerprint density at radius 1 is 1.30 bits per heavy atom. The minimum absolute atomic E-state index is 0.00772. The summed E-state index contributed by atoms with van der Waals surface area (Å²) in [4.78, 5) is 31.1. The molecule has 3 rings (SSSR count). The van der Waals surface area contributed by atoms with Crippen LogP contribution in [-0.2, 0) is 21.4 Å². The predicted molar refractivity (Wildman–Crippen MR) is 102 cm³/mol. The fourth-order valence-corrected chi connectivity index (χ4v) is 3.60. The Morgan fingerprint density at radius 2 is 2.00 bits per heavy atom. The predicted octanol–water partition coefficient (Wildman–Crippen LogP) is 1.52. The number of aromatic nitrogens is 3. The standard InChI is InChI=1S/C20H25N5O2/c1-3-18(26)25-13-10-20(11-14-25,16-7-5-4-6-8-16)19(27)21-12-9-17-22-15(2)23-24-17/h3-8H,1,9-14H2,2H3,(H,21,27)(H,22,23,24). The molecule has 142 valence electrons. The number of benzene rings is 1. The molecule has 1 aromatic heterocycles. The minimum atomic E-state index is -0.631. The maximum absolute atomic E-state index is 13.2. The lowest BCUT2D eigenvalue weighted by Gasteiger charge is -2.40. The second kappa shape index (κ2) is 8.16. The van der Waals surface area contributed by atoms with Crippen molar-refractivity contribution < 1.29 is 9.59 Å². The van der Waals surface area contributed by atoms with Gasteiger partial charge in [0.05, 0.1) is 5.41 Å². The number of aromatic amines is 1. The molecular formula is C20H25N5O2. The lowest BCUT2D eigenvalue weighted by atomic mass is 9.72. The first-order chi connectivity index (χ1) is 13.0. The average Bonchev–Trinajstić information content (AvgIpc) is 3.13. The molecule has 7 heteroatoms. The first kappa shape index (κ1) is 18.8. The molecule has 27 heavy (non-hydrogen) atoms. The first-order valence-corrected chi connectivity index (χ1v) is 9.18. The lowest BCUT2D eigenvalue weighted by molar-refractivity contribution is -0.133. The third-order valence-corrected chi connectivity index (χ3v) is 5.14. The van der Waals surface area contributed by atoms with E-state index in [1.807, 2.05) is 37.3 Å². The van der Waals surface area contributed by atoms with Crippen LogP contribution in [0.3, 0.4) is 0 Å². The van der Waals surface area contributed by atoms with Crippen LogP contribution in [-0.4, -0.2) is 51.5 Å².